The molecule has 0 saturated heterocycles. The molecule has 11 heavy (non-hydrogen) atoms. The molecule has 0 aromatic rings. The topological polar surface area (TPSA) is 24.4 Å². The highest BCUT2D eigenvalue weighted by molar-refractivity contribution is 5.99. The largest absolute Gasteiger partial charge is 0.391 e. The molecule has 2 nitrogen and oxygen atoms in total. The van der Waals surface area contributed by atoms with Crippen LogP contribution in [0, 0.1) is 0 Å². The average Bonchev–Trinajstić information content (AvgIpc) is 2.05. The van der Waals surface area contributed by atoms with E-state index in [4.69, 9.17) is 0 Å². The van der Waals surface area contributed by atoms with E-state index in [1.807, 2.05) is 14.1 Å². The molecule has 1 N–H and O–H groups in total. The maximum Gasteiger partial charge on any atom is 0.0388 e. The standard InChI is InChI=1S/C9H18N2/c1-6-9(11-5)7(2)8(3)10-4/h10H,6H2,1-5H3. The van der Waals surface area contributed by atoms with Crippen LogP contribution in [-0.2, 0) is 0 Å². The molecule has 0 aliphatic carbocycles. The number of hydrogen-bond donors (Lipinski definition) is 1. The van der Waals surface area contributed by atoms with Crippen molar-refractivity contribution in [3.8, 4) is 0 Å². The Bertz CT molecular complexity index is 178. The van der Waals surface area contributed by atoms with E-state index in [9.17, 15) is 0 Å². The lowest BCUT2D eigenvalue weighted by atomic mass is 10.1. The van der Waals surface area contributed by atoms with Gasteiger partial charge in [-0.25, -0.2) is 0 Å². The monoisotopic (exact) mass is 154 g/mol. The Balaban J connectivity index is 4.57. The molecule has 64 valence electrons. The van der Waals surface area contributed by atoms with Crippen LogP contribution in [0.15, 0.2) is 16.3 Å². The van der Waals surface area contributed by atoms with Crippen molar-refractivity contribution < 1.29 is 0 Å². The summed E-state index contributed by atoms with van der Waals surface area (Å²) in [6.45, 7) is 6.28. The summed E-state index contributed by atoms with van der Waals surface area (Å²) < 4.78 is 0. The summed E-state index contributed by atoms with van der Waals surface area (Å²) in [5.74, 6) is 0. The van der Waals surface area contributed by atoms with Crippen molar-refractivity contribution >= 4 is 5.71 Å². The lowest BCUT2D eigenvalue weighted by molar-refractivity contribution is 0.969. The lowest BCUT2D eigenvalue weighted by Crippen LogP contribution is -2.10. The Morgan fingerprint density at radius 3 is 2.18 bits per heavy atom. The van der Waals surface area contributed by atoms with Crippen LogP contribution < -0.4 is 5.32 Å². The van der Waals surface area contributed by atoms with Crippen molar-refractivity contribution in [2.24, 2.45) is 4.99 Å². The van der Waals surface area contributed by atoms with Crippen LogP contribution in [0.25, 0.3) is 0 Å². The Morgan fingerprint density at radius 1 is 1.36 bits per heavy atom. The van der Waals surface area contributed by atoms with Gasteiger partial charge < -0.3 is 5.32 Å². The molecule has 0 aromatic carbocycles. The van der Waals surface area contributed by atoms with E-state index in [-0.39, 0.29) is 0 Å². The second kappa shape index (κ2) is 4.94. The summed E-state index contributed by atoms with van der Waals surface area (Å²) in [5.41, 5.74) is 3.64. The number of nitrogens with zero attached hydrogens (tertiary/aromatic N) is 1. The van der Waals surface area contributed by atoms with Gasteiger partial charge in [0.15, 0.2) is 0 Å². The van der Waals surface area contributed by atoms with E-state index >= 15 is 0 Å². The molecule has 0 atom stereocenters. The SMILES string of the molecule is CCC(=NC)C(C)=C(C)NC. The summed E-state index contributed by atoms with van der Waals surface area (Å²) in [6.07, 6.45) is 1.00. The molecule has 0 spiro atoms. The smallest absolute Gasteiger partial charge is 0.0388 e. The number of nitrogens with one attached hydrogen (secondary N) is 1. The van der Waals surface area contributed by atoms with Crippen molar-refractivity contribution in [3.63, 3.8) is 0 Å². The first-order valence-corrected chi connectivity index (χ1v) is 3.98. The van der Waals surface area contributed by atoms with E-state index in [1.54, 1.807) is 0 Å². The van der Waals surface area contributed by atoms with Crippen LogP contribution >= 0.6 is 0 Å². The Kier molecular flexibility index (Phi) is 4.59. The van der Waals surface area contributed by atoms with Crippen molar-refractivity contribution in [1.29, 1.82) is 0 Å². The zero-order chi connectivity index (χ0) is 8.85. The highest BCUT2D eigenvalue weighted by atomic mass is 14.8. The first-order chi connectivity index (χ1) is 5.17. The molecular weight excluding hydrogens is 136 g/mol. The maximum atomic E-state index is 4.19. The van der Waals surface area contributed by atoms with Crippen LogP contribution in [0.3, 0.4) is 0 Å². The quantitative estimate of drug-likeness (QED) is 0.618. The van der Waals surface area contributed by atoms with Crippen LogP contribution in [0.5, 0.6) is 0 Å². The number of allylic oxidation sites excluding steroid dienone is 2. The Labute approximate surface area is 69.4 Å². The fraction of sp³-hybridized carbons (Fsp3) is 0.667. The summed E-state index contributed by atoms with van der Waals surface area (Å²) in [5, 5.41) is 3.11. The highest BCUT2D eigenvalue weighted by Gasteiger charge is 2.00. The molecule has 0 aliphatic rings. The van der Waals surface area contributed by atoms with Gasteiger partial charge in [0.25, 0.3) is 0 Å². The molecule has 0 amide bonds. The van der Waals surface area contributed by atoms with Crippen LogP contribution in [0.4, 0.5) is 0 Å². The maximum absolute atomic E-state index is 4.19. The van der Waals surface area contributed by atoms with Gasteiger partial charge in [-0.2, -0.15) is 0 Å². The van der Waals surface area contributed by atoms with E-state index in [2.05, 4.69) is 31.1 Å². The van der Waals surface area contributed by atoms with Gasteiger partial charge in [0.1, 0.15) is 0 Å². The van der Waals surface area contributed by atoms with Crippen molar-refractivity contribution in [2.75, 3.05) is 14.1 Å². The van der Waals surface area contributed by atoms with Crippen LogP contribution in [0.2, 0.25) is 0 Å². The van der Waals surface area contributed by atoms with Gasteiger partial charge >= 0.3 is 0 Å². The van der Waals surface area contributed by atoms with Gasteiger partial charge in [-0.05, 0) is 25.8 Å². The molecule has 0 fully saturated rings. The zero-order valence-corrected chi connectivity index (χ0v) is 8.15. The molecule has 0 bridgehead atoms. The molecule has 0 aromatic heterocycles. The van der Waals surface area contributed by atoms with E-state index < -0.39 is 0 Å². The third-order valence-electron chi connectivity index (χ3n) is 1.98. The average molecular weight is 154 g/mol. The molecule has 2 heteroatoms. The second-order valence-electron chi connectivity index (χ2n) is 2.52. The van der Waals surface area contributed by atoms with Gasteiger partial charge in [-0.3, -0.25) is 4.99 Å². The molecule has 0 aliphatic heterocycles. The Hall–Kier alpha value is -0.790. The number of aliphatic imine (C=N–C) groups is 1. The first kappa shape index (κ1) is 10.2. The fourth-order valence-electron chi connectivity index (χ4n) is 0.995. The lowest BCUT2D eigenvalue weighted by Gasteiger charge is -2.07. The number of rotatable bonds is 3. The third-order valence-corrected chi connectivity index (χ3v) is 1.98. The summed E-state index contributed by atoms with van der Waals surface area (Å²) in [4.78, 5) is 4.19. The molecule has 0 rings (SSSR count). The predicted molar refractivity (Wildman–Crippen MR) is 51.1 cm³/mol. The van der Waals surface area contributed by atoms with Gasteiger partial charge in [0, 0.05) is 25.5 Å². The fourth-order valence-corrected chi connectivity index (χ4v) is 0.995. The van der Waals surface area contributed by atoms with Crippen molar-refractivity contribution in [1.82, 2.24) is 5.32 Å². The minimum Gasteiger partial charge on any atom is -0.391 e. The van der Waals surface area contributed by atoms with Crippen LogP contribution in [0.1, 0.15) is 27.2 Å². The highest BCUT2D eigenvalue weighted by Crippen LogP contribution is 2.04. The van der Waals surface area contributed by atoms with Crippen LogP contribution in [-0.4, -0.2) is 19.8 Å². The molecule has 0 heterocycles. The van der Waals surface area contributed by atoms with Gasteiger partial charge in [-0.1, -0.05) is 6.92 Å². The molecular formula is C9H18N2. The summed E-state index contributed by atoms with van der Waals surface area (Å²) >= 11 is 0. The van der Waals surface area contributed by atoms with Crippen molar-refractivity contribution in [2.45, 2.75) is 27.2 Å². The number of hydrogen-bond acceptors (Lipinski definition) is 2. The predicted octanol–water partition coefficient (Wildman–Crippen LogP) is 1.98. The molecule has 0 radical (unpaired) electrons. The normalized spacial score (nSPS) is 14.5. The third kappa shape index (κ3) is 2.74. The van der Waals surface area contributed by atoms with Crippen molar-refractivity contribution in [3.05, 3.63) is 11.3 Å². The van der Waals surface area contributed by atoms with E-state index in [0.717, 1.165) is 6.42 Å². The van der Waals surface area contributed by atoms with E-state index in [0.29, 0.717) is 0 Å². The summed E-state index contributed by atoms with van der Waals surface area (Å²) in [6, 6.07) is 0. The minimum atomic E-state index is 1.00. The van der Waals surface area contributed by atoms with Gasteiger partial charge in [0.2, 0.25) is 0 Å². The van der Waals surface area contributed by atoms with Gasteiger partial charge in [-0.15, -0.1) is 0 Å². The molecule has 0 saturated carbocycles. The van der Waals surface area contributed by atoms with Gasteiger partial charge in [0.05, 0.1) is 0 Å². The Morgan fingerprint density at radius 2 is 1.91 bits per heavy atom. The van der Waals surface area contributed by atoms with E-state index in [1.165, 1.54) is 17.0 Å². The zero-order valence-electron chi connectivity index (χ0n) is 8.15. The summed E-state index contributed by atoms with van der Waals surface area (Å²) in [7, 11) is 3.77. The minimum absolute atomic E-state index is 1.00. The first-order valence-electron chi connectivity index (χ1n) is 3.98. The second-order valence-corrected chi connectivity index (χ2v) is 2.52. The molecule has 0 unspecified atom stereocenters.